The van der Waals surface area contributed by atoms with Gasteiger partial charge in [0.15, 0.2) is 0 Å². The number of amides is 2. The lowest BCUT2D eigenvalue weighted by Crippen LogP contribution is -2.46. The van der Waals surface area contributed by atoms with Crippen LogP contribution < -0.4 is 5.32 Å². The molecule has 5 nitrogen and oxygen atoms in total. The fourth-order valence-electron chi connectivity index (χ4n) is 3.29. The molecule has 0 radical (unpaired) electrons. The van der Waals surface area contributed by atoms with Crippen molar-refractivity contribution in [2.24, 2.45) is 0 Å². The van der Waals surface area contributed by atoms with Gasteiger partial charge in [0.05, 0.1) is 6.04 Å². The zero-order valence-electron chi connectivity index (χ0n) is 14.2. The number of carbonyl (C=O) groups is 2. The summed E-state index contributed by atoms with van der Waals surface area (Å²) in [4.78, 5) is 26.5. The molecule has 0 saturated carbocycles. The molecule has 2 heterocycles. The second kappa shape index (κ2) is 7.07. The summed E-state index contributed by atoms with van der Waals surface area (Å²) in [7, 11) is 0. The summed E-state index contributed by atoms with van der Waals surface area (Å²) in [5.41, 5.74) is 0.814. The van der Waals surface area contributed by atoms with E-state index >= 15 is 0 Å². The molecule has 1 aliphatic heterocycles. The van der Waals surface area contributed by atoms with Crippen LogP contribution in [0.2, 0.25) is 0 Å². The Hall–Kier alpha value is -2.30. The summed E-state index contributed by atoms with van der Waals surface area (Å²) in [6.07, 6.45) is 2.92. The average Bonchev–Trinajstić information content (AvgIpc) is 3.21. The molecule has 1 fully saturated rings. The van der Waals surface area contributed by atoms with Crippen LogP contribution in [0.15, 0.2) is 34.7 Å². The molecular weight excluding hydrogens is 304 g/mol. The van der Waals surface area contributed by atoms with Crippen LogP contribution in [0.25, 0.3) is 11.0 Å². The number of furan rings is 1. The van der Waals surface area contributed by atoms with Crippen LogP contribution >= 0.6 is 0 Å². The molecule has 128 valence electrons. The van der Waals surface area contributed by atoms with Crippen LogP contribution in [0.5, 0.6) is 0 Å². The van der Waals surface area contributed by atoms with E-state index in [1.165, 1.54) is 0 Å². The minimum atomic E-state index is -0.351. The van der Waals surface area contributed by atoms with Gasteiger partial charge in [-0.25, -0.2) is 0 Å². The Morgan fingerprint density at radius 3 is 2.92 bits per heavy atom. The number of rotatable bonds is 5. The summed E-state index contributed by atoms with van der Waals surface area (Å²) < 4.78 is 5.81. The molecule has 5 heteroatoms. The van der Waals surface area contributed by atoms with Gasteiger partial charge in [-0.15, -0.1) is 0 Å². The van der Waals surface area contributed by atoms with Crippen LogP contribution in [0.3, 0.4) is 0 Å². The van der Waals surface area contributed by atoms with E-state index in [1.54, 1.807) is 4.90 Å². The van der Waals surface area contributed by atoms with Crippen molar-refractivity contribution in [3.8, 4) is 0 Å². The molecule has 1 aromatic heterocycles. The van der Waals surface area contributed by atoms with Crippen molar-refractivity contribution in [1.82, 2.24) is 10.2 Å². The Balaban J connectivity index is 1.68. The van der Waals surface area contributed by atoms with E-state index in [9.17, 15) is 9.59 Å². The Kier molecular flexibility index (Phi) is 4.88. The molecule has 1 N–H and O–H groups in total. The highest BCUT2D eigenvalue weighted by Gasteiger charge is 2.34. The Morgan fingerprint density at radius 2 is 2.17 bits per heavy atom. The first-order valence-electron chi connectivity index (χ1n) is 8.68. The normalized spacial score (nSPS) is 18.8. The number of likely N-dealkylation sites (tertiary alicyclic amines) is 1. The zero-order valence-corrected chi connectivity index (χ0v) is 14.2. The monoisotopic (exact) mass is 328 g/mol. The lowest BCUT2D eigenvalue weighted by molar-refractivity contribution is -0.138. The summed E-state index contributed by atoms with van der Waals surface area (Å²) in [5.74, 6) is 0.713. The van der Waals surface area contributed by atoms with Gasteiger partial charge in [-0.05, 0) is 38.3 Å². The van der Waals surface area contributed by atoms with Crippen LogP contribution in [0.1, 0.15) is 51.3 Å². The predicted octanol–water partition coefficient (Wildman–Crippen LogP) is 3.40. The van der Waals surface area contributed by atoms with Gasteiger partial charge in [-0.3, -0.25) is 9.59 Å². The third-order valence-corrected chi connectivity index (χ3v) is 4.57. The van der Waals surface area contributed by atoms with Gasteiger partial charge in [0.25, 0.3) is 0 Å². The van der Waals surface area contributed by atoms with E-state index in [-0.39, 0.29) is 23.9 Å². The van der Waals surface area contributed by atoms with Crippen molar-refractivity contribution in [2.45, 2.75) is 51.6 Å². The average molecular weight is 328 g/mol. The molecule has 0 unspecified atom stereocenters. The molecule has 24 heavy (non-hydrogen) atoms. The first-order chi connectivity index (χ1) is 11.6. The van der Waals surface area contributed by atoms with Crippen molar-refractivity contribution in [1.29, 1.82) is 0 Å². The highest BCUT2D eigenvalue weighted by molar-refractivity contribution is 5.88. The molecule has 0 aliphatic carbocycles. The predicted molar refractivity (Wildman–Crippen MR) is 92.4 cm³/mol. The second-order valence-electron chi connectivity index (χ2n) is 6.41. The molecule has 1 aromatic carbocycles. The Bertz CT molecular complexity index is 704. The van der Waals surface area contributed by atoms with Gasteiger partial charge in [0, 0.05) is 18.4 Å². The van der Waals surface area contributed by atoms with Crippen molar-refractivity contribution in [3.63, 3.8) is 0 Å². The van der Waals surface area contributed by atoms with Crippen LogP contribution in [-0.2, 0) is 9.59 Å². The fourth-order valence-corrected chi connectivity index (χ4v) is 3.29. The maximum atomic E-state index is 12.6. The fraction of sp³-hybridized carbons (Fsp3) is 0.474. The molecule has 2 amide bonds. The third kappa shape index (κ3) is 3.30. The van der Waals surface area contributed by atoms with Gasteiger partial charge in [-0.2, -0.15) is 0 Å². The van der Waals surface area contributed by atoms with E-state index in [4.69, 9.17) is 4.42 Å². The number of fused-ring (bicyclic) bond motifs is 1. The van der Waals surface area contributed by atoms with E-state index in [1.807, 2.05) is 44.2 Å². The molecule has 3 rings (SSSR count). The minimum absolute atomic E-state index is 0.0755. The van der Waals surface area contributed by atoms with Crippen molar-refractivity contribution < 1.29 is 14.0 Å². The number of hydrogen-bond acceptors (Lipinski definition) is 3. The zero-order chi connectivity index (χ0) is 17.1. The second-order valence-corrected chi connectivity index (χ2v) is 6.41. The Labute approximate surface area is 142 Å². The molecule has 0 bridgehead atoms. The molecule has 0 spiro atoms. The molecule has 1 aliphatic rings. The molecule has 2 atom stereocenters. The number of hydrogen-bond donors (Lipinski definition) is 1. The van der Waals surface area contributed by atoms with Gasteiger partial charge in [-0.1, -0.05) is 25.1 Å². The van der Waals surface area contributed by atoms with Crippen molar-refractivity contribution >= 4 is 22.8 Å². The molecule has 2 aromatic rings. The van der Waals surface area contributed by atoms with Gasteiger partial charge in [0.1, 0.15) is 17.4 Å². The lowest BCUT2D eigenvalue weighted by Gasteiger charge is -2.25. The maximum absolute atomic E-state index is 12.6. The summed E-state index contributed by atoms with van der Waals surface area (Å²) in [5, 5.41) is 4.02. The van der Waals surface area contributed by atoms with E-state index in [2.05, 4.69) is 5.32 Å². The first kappa shape index (κ1) is 16.6. The standard InChI is InChI=1S/C19H24N2O3/c1-3-7-18(22)21-11-6-9-15(21)19(23)20-13(2)17-12-14-8-4-5-10-16(14)24-17/h4-5,8,10,12-13,15H,3,6-7,9,11H2,1-2H3,(H,20,23)/t13-,15-/m0/s1. The highest BCUT2D eigenvalue weighted by Crippen LogP contribution is 2.25. The summed E-state index contributed by atoms with van der Waals surface area (Å²) >= 11 is 0. The van der Waals surface area contributed by atoms with E-state index in [0.29, 0.717) is 13.0 Å². The van der Waals surface area contributed by atoms with Gasteiger partial charge < -0.3 is 14.6 Å². The van der Waals surface area contributed by atoms with E-state index in [0.717, 1.165) is 36.0 Å². The van der Waals surface area contributed by atoms with Crippen molar-refractivity contribution in [3.05, 3.63) is 36.1 Å². The Morgan fingerprint density at radius 1 is 1.38 bits per heavy atom. The highest BCUT2D eigenvalue weighted by atomic mass is 16.3. The quantitative estimate of drug-likeness (QED) is 0.915. The summed E-state index contributed by atoms with van der Waals surface area (Å²) in [6, 6.07) is 9.16. The van der Waals surface area contributed by atoms with Crippen molar-refractivity contribution in [2.75, 3.05) is 6.54 Å². The van der Waals surface area contributed by atoms with Gasteiger partial charge >= 0.3 is 0 Å². The summed E-state index contributed by atoms with van der Waals surface area (Å²) in [6.45, 7) is 4.56. The largest absolute Gasteiger partial charge is 0.459 e. The van der Waals surface area contributed by atoms with Crippen LogP contribution in [0, 0.1) is 0 Å². The number of carbonyl (C=O) groups excluding carboxylic acids is 2. The number of benzene rings is 1. The maximum Gasteiger partial charge on any atom is 0.243 e. The molecule has 1 saturated heterocycles. The molecular formula is C19H24N2O3. The van der Waals surface area contributed by atoms with Gasteiger partial charge in [0.2, 0.25) is 11.8 Å². The number of para-hydroxylation sites is 1. The van der Waals surface area contributed by atoms with Crippen LogP contribution in [0.4, 0.5) is 0 Å². The smallest absolute Gasteiger partial charge is 0.243 e. The SMILES string of the molecule is CCCC(=O)N1CCC[C@H]1C(=O)N[C@@H](C)c1cc2ccccc2o1. The lowest BCUT2D eigenvalue weighted by atomic mass is 10.1. The number of nitrogens with one attached hydrogen (secondary N) is 1. The minimum Gasteiger partial charge on any atom is -0.459 e. The van der Waals surface area contributed by atoms with E-state index < -0.39 is 0 Å². The third-order valence-electron chi connectivity index (χ3n) is 4.57. The first-order valence-corrected chi connectivity index (χ1v) is 8.68. The number of nitrogens with zero attached hydrogens (tertiary/aromatic N) is 1. The topological polar surface area (TPSA) is 62.6 Å². The van der Waals surface area contributed by atoms with Crippen LogP contribution in [-0.4, -0.2) is 29.3 Å².